The van der Waals surface area contributed by atoms with Crippen molar-refractivity contribution in [3.63, 3.8) is 0 Å². The molecule has 0 spiro atoms. The van der Waals surface area contributed by atoms with E-state index < -0.39 is 0 Å². The Morgan fingerprint density at radius 3 is 2.76 bits per heavy atom. The predicted octanol–water partition coefficient (Wildman–Crippen LogP) is 2.02. The van der Waals surface area contributed by atoms with Crippen LogP contribution in [0, 0.1) is 0 Å². The smallest absolute Gasteiger partial charge is 0.0594 e. The summed E-state index contributed by atoms with van der Waals surface area (Å²) in [6.07, 6.45) is 2.44. The summed E-state index contributed by atoms with van der Waals surface area (Å²) < 4.78 is 5.47. The van der Waals surface area contributed by atoms with Gasteiger partial charge < -0.3 is 10.1 Å². The van der Waals surface area contributed by atoms with Gasteiger partial charge in [-0.15, -0.1) is 0 Å². The van der Waals surface area contributed by atoms with E-state index in [4.69, 9.17) is 4.74 Å². The van der Waals surface area contributed by atoms with Gasteiger partial charge in [-0.25, -0.2) is 0 Å². The van der Waals surface area contributed by atoms with E-state index in [2.05, 4.69) is 52.3 Å². The molecule has 0 aromatic heterocycles. The number of ether oxygens (including phenoxy) is 1. The van der Waals surface area contributed by atoms with Crippen LogP contribution in [0.4, 0.5) is 0 Å². The van der Waals surface area contributed by atoms with Crippen molar-refractivity contribution in [2.75, 3.05) is 44.4 Å². The first-order valence-corrected chi connectivity index (χ1v) is 9.23. The first-order valence-electron chi connectivity index (χ1n) is 8.08. The quantitative estimate of drug-likeness (QED) is 0.869. The molecule has 3 rings (SSSR count). The zero-order chi connectivity index (χ0) is 14.3. The largest absolute Gasteiger partial charge is 0.379 e. The molecule has 2 aliphatic rings. The van der Waals surface area contributed by atoms with Gasteiger partial charge in [0.2, 0.25) is 0 Å². The maximum absolute atomic E-state index is 5.47. The Morgan fingerprint density at radius 1 is 1.24 bits per heavy atom. The standard InChI is InChI=1S/C17H26N2OS/c1-2-4-15(5-3-1)12-17(18-16-6-11-21-14-16)13-19-7-9-20-10-8-19/h1-5,16-18H,6-14H2/t16-,17-/m0/s1. The highest BCUT2D eigenvalue weighted by molar-refractivity contribution is 7.99. The molecule has 2 fully saturated rings. The molecule has 0 aliphatic carbocycles. The lowest BCUT2D eigenvalue weighted by Crippen LogP contribution is -2.49. The fourth-order valence-corrected chi connectivity index (χ4v) is 4.33. The van der Waals surface area contributed by atoms with Gasteiger partial charge in [-0.1, -0.05) is 30.3 Å². The minimum absolute atomic E-state index is 0.550. The van der Waals surface area contributed by atoms with E-state index in [-0.39, 0.29) is 0 Å². The Bertz CT molecular complexity index is 403. The van der Waals surface area contributed by atoms with Crippen LogP contribution in [0.2, 0.25) is 0 Å². The van der Waals surface area contributed by atoms with Gasteiger partial charge in [0.25, 0.3) is 0 Å². The predicted molar refractivity (Wildman–Crippen MR) is 90.1 cm³/mol. The molecule has 1 N–H and O–H groups in total. The molecule has 2 atom stereocenters. The normalized spacial score (nSPS) is 25.0. The molecular weight excluding hydrogens is 280 g/mol. The molecule has 1 aromatic carbocycles. The van der Waals surface area contributed by atoms with E-state index in [1.54, 1.807) is 0 Å². The Morgan fingerprint density at radius 2 is 2.05 bits per heavy atom. The van der Waals surface area contributed by atoms with Crippen LogP contribution in [0.3, 0.4) is 0 Å². The van der Waals surface area contributed by atoms with Crippen LogP contribution in [0.1, 0.15) is 12.0 Å². The molecule has 3 nitrogen and oxygen atoms in total. The molecule has 4 heteroatoms. The SMILES string of the molecule is c1ccc(C[C@@H](CN2CCOCC2)N[C@H]2CCSC2)cc1. The van der Waals surface area contributed by atoms with Gasteiger partial charge in [0.05, 0.1) is 13.2 Å². The van der Waals surface area contributed by atoms with Crippen LogP contribution in [-0.4, -0.2) is 61.3 Å². The van der Waals surface area contributed by atoms with Crippen molar-refractivity contribution in [3.05, 3.63) is 35.9 Å². The summed E-state index contributed by atoms with van der Waals surface area (Å²) in [4.78, 5) is 2.55. The Labute approximate surface area is 132 Å². The van der Waals surface area contributed by atoms with Gasteiger partial charge >= 0.3 is 0 Å². The van der Waals surface area contributed by atoms with E-state index in [0.717, 1.165) is 39.3 Å². The average Bonchev–Trinajstić information content (AvgIpc) is 3.02. The maximum atomic E-state index is 5.47. The summed E-state index contributed by atoms with van der Waals surface area (Å²) in [6, 6.07) is 12.1. The first-order chi connectivity index (χ1) is 10.4. The third kappa shape index (κ3) is 4.99. The lowest BCUT2D eigenvalue weighted by atomic mass is 10.0. The molecule has 116 valence electrons. The Hall–Kier alpha value is -0.550. The average molecular weight is 306 g/mol. The third-order valence-electron chi connectivity index (χ3n) is 4.31. The minimum Gasteiger partial charge on any atom is -0.379 e. The molecule has 2 saturated heterocycles. The zero-order valence-corrected chi connectivity index (χ0v) is 13.5. The molecule has 1 aromatic rings. The van der Waals surface area contributed by atoms with Crippen molar-refractivity contribution < 1.29 is 4.74 Å². The Balaban J connectivity index is 1.58. The van der Waals surface area contributed by atoms with Crippen molar-refractivity contribution in [2.45, 2.75) is 24.9 Å². The molecule has 0 bridgehead atoms. The monoisotopic (exact) mass is 306 g/mol. The van der Waals surface area contributed by atoms with E-state index in [9.17, 15) is 0 Å². The second kappa shape index (κ2) is 8.18. The summed E-state index contributed by atoms with van der Waals surface area (Å²) in [5.41, 5.74) is 1.44. The third-order valence-corrected chi connectivity index (χ3v) is 5.47. The molecular formula is C17H26N2OS. The summed E-state index contributed by atoms with van der Waals surface area (Å²) in [7, 11) is 0. The van der Waals surface area contributed by atoms with Gasteiger partial charge in [0.1, 0.15) is 0 Å². The van der Waals surface area contributed by atoms with Crippen molar-refractivity contribution in [1.82, 2.24) is 10.2 Å². The molecule has 0 amide bonds. The van der Waals surface area contributed by atoms with Crippen molar-refractivity contribution in [3.8, 4) is 0 Å². The number of hydrogen-bond acceptors (Lipinski definition) is 4. The number of nitrogens with one attached hydrogen (secondary N) is 1. The van der Waals surface area contributed by atoms with Crippen LogP contribution in [-0.2, 0) is 11.2 Å². The second-order valence-electron chi connectivity index (χ2n) is 6.03. The van der Waals surface area contributed by atoms with Crippen LogP contribution in [0.15, 0.2) is 30.3 Å². The lowest BCUT2D eigenvalue weighted by molar-refractivity contribution is 0.0331. The Kier molecular flexibility index (Phi) is 5.98. The first kappa shape index (κ1) is 15.3. The summed E-state index contributed by atoms with van der Waals surface area (Å²) in [5, 5.41) is 3.91. The summed E-state index contributed by atoms with van der Waals surface area (Å²) >= 11 is 2.08. The number of hydrogen-bond donors (Lipinski definition) is 1. The van der Waals surface area contributed by atoms with Gasteiger partial charge in [-0.3, -0.25) is 4.90 Å². The minimum atomic E-state index is 0.550. The molecule has 0 radical (unpaired) electrons. The second-order valence-corrected chi connectivity index (χ2v) is 7.18. The van der Waals surface area contributed by atoms with Crippen LogP contribution < -0.4 is 5.32 Å². The van der Waals surface area contributed by atoms with E-state index in [1.807, 2.05) is 0 Å². The fraction of sp³-hybridized carbons (Fsp3) is 0.647. The van der Waals surface area contributed by atoms with Gasteiger partial charge in [0, 0.05) is 37.5 Å². The van der Waals surface area contributed by atoms with Crippen molar-refractivity contribution in [1.29, 1.82) is 0 Å². The van der Waals surface area contributed by atoms with Crippen LogP contribution in [0.5, 0.6) is 0 Å². The molecule has 0 unspecified atom stereocenters. The number of nitrogens with zero attached hydrogens (tertiary/aromatic N) is 1. The van der Waals surface area contributed by atoms with Crippen molar-refractivity contribution >= 4 is 11.8 Å². The van der Waals surface area contributed by atoms with Crippen LogP contribution in [0.25, 0.3) is 0 Å². The summed E-state index contributed by atoms with van der Waals surface area (Å²) in [5.74, 6) is 2.58. The zero-order valence-electron chi connectivity index (χ0n) is 12.7. The molecule has 0 saturated carbocycles. The number of thioether (sulfide) groups is 1. The number of benzene rings is 1. The number of morpholine rings is 1. The fourth-order valence-electron chi connectivity index (χ4n) is 3.17. The molecule has 21 heavy (non-hydrogen) atoms. The highest BCUT2D eigenvalue weighted by Gasteiger charge is 2.22. The highest BCUT2D eigenvalue weighted by Crippen LogP contribution is 2.18. The summed E-state index contributed by atoms with van der Waals surface area (Å²) in [6.45, 7) is 5.06. The molecule has 2 aliphatic heterocycles. The van der Waals surface area contributed by atoms with Gasteiger partial charge in [-0.2, -0.15) is 11.8 Å². The highest BCUT2D eigenvalue weighted by atomic mass is 32.2. The van der Waals surface area contributed by atoms with Gasteiger partial charge in [-0.05, 0) is 24.2 Å². The molecule has 2 heterocycles. The lowest BCUT2D eigenvalue weighted by Gasteiger charge is -2.32. The van der Waals surface area contributed by atoms with Crippen LogP contribution >= 0.6 is 11.8 Å². The van der Waals surface area contributed by atoms with E-state index in [1.165, 1.54) is 23.5 Å². The van der Waals surface area contributed by atoms with Crippen molar-refractivity contribution in [2.24, 2.45) is 0 Å². The number of rotatable bonds is 6. The topological polar surface area (TPSA) is 24.5 Å². The maximum Gasteiger partial charge on any atom is 0.0594 e. The van der Waals surface area contributed by atoms with Gasteiger partial charge in [0.15, 0.2) is 0 Å². The van der Waals surface area contributed by atoms with E-state index >= 15 is 0 Å². The van der Waals surface area contributed by atoms with E-state index in [0.29, 0.717) is 12.1 Å².